The van der Waals surface area contributed by atoms with Crippen molar-refractivity contribution >= 4 is 46.3 Å². The summed E-state index contributed by atoms with van der Waals surface area (Å²) in [4.78, 5) is 5.04. The average Bonchev–Trinajstić information content (AvgIpc) is 3.50. The van der Waals surface area contributed by atoms with Gasteiger partial charge in [-0.15, -0.1) is 0 Å². The molecule has 0 amide bonds. The molecule has 0 aromatic heterocycles. The Balaban J connectivity index is 1.15. The van der Waals surface area contributed by atoms with Crippen LogP contribution in [0.1, 0.15) is 33.4 Å². The number of hydrogen-bond acceptors (Lipinski definition) is 2. The minimum absolute atomic E-state index is 0.566. The van der Waals surface area contributed by atoms with Crippen LogP contribution in [0.3, 0.4) is 0 Å². The van der Waals surface area contributed by atoms with Gasteiger partial charge in [-0.2, -0.15) is 0 Å². The van der Waals surface area contributed by atoms with Crippen molar-refractivity contribution in [1.29, 1.82) is 0 Å². The van der Waals surface area contributed by atoms with Gasteiger partial charge in [-0.05, 0) is 104 Å². The molecule has 0 bridgehead atoms. The van der Waals surface area contributed by atoms with E-state index in [4.69, 9.17) is 0 Å². The van der Waals surface area contributed by atoms with Gasteiger partial charge in [0.15, 0.2) is 0 Å². The summed E-state index contributed by atoms with van der Waals surface area (Å²) in [7, 11) is 0. The molecule has 13 rings (SSSR count). The van der Waals surface area contributed by atoms with Crippen LogP contribution in [-0.4, -0.2) is 0 Å². The van der Waals surface area contributed by atoms with Crippen molar-refractivity contribution in [3.05, 3.63) is 276 Å². The summed E-state index contributed by atoms with van der Waals surface area (Å²) in [6.07, 6.45) is 4.61. The van der Waals surface area contributed by atoms with Gasteiger partial charge in [0.05, 0.1) is 28.2 Å². The molecule has 0 fully saturated rings. The molecule has 3 aliphatic rings. The van der Waals surface area contributed by atoms with Crippen LogP contribution in [0, 0.1) is 0 Å². The number of benzene rings is 10. The number of nitrogens with zero attached hydrogens (tertiary/aromatic N) is 2. The highest BCUT2D eigenvalue weighted by Gasteiger charge is 2.49. The molecule has 2 aliphatic carbocycles. The van der Waals surface area contributed by atoms with Gasteiger partial charge < -0.3 is 9.80 Å². The standard InChI is InChI=1S/C63H42N2/c1-3-19-43(20-4-1)44-39-41-48(42-40-44)64(60-36-17-29-52-50-26-10-9-25-49(50)51-27-12-16-34-58(51)65(62(52)60)47-23-5-2-6-24-47)59-35-18-33-57-61(59)53-28-11-15-32-56(53)63(57)54-30-13-7-21-45(54)37-38-46-22-8-14-31-55(46)63/h1-42H. The predicted octanol–water partition coefficient (Wildman–Crippen LogP) is 16.8. The molecule has 65 heavy (non-hydrogen) atoms. The van der Waals surface area contributed by atoms with Crippen LogP contribution in [0.15, 0.2) is 243 Å². The lowest BCUT2D eigenvalue weighted by Gasteiger charge is -2.36. The molecule has 304 valence electrons. The van der Waals surface area contributed by atoms with Crippen molar-refractivity contribution in [3.63, 3.8) is 0 Å². The molecule has 0 atom stereocenters. The summed E-state index contributed by atoms with van der Waals surface area (Å²) in [5, 5.41) is 0. The Morgan fingerprint density at radius 3 is 1.52 bits per heavy atom. The number of para-hydroxylation sites is 3. The first kappa shape index (κ1) is 37.1. The van der Waals surface area contributed by atoms with Gasteiger partial charge in [0.25, 0.3) is 0 Å². The fourth-order valence-electron chi connectivity index (χ4n) is 11.2. The van der Waals surface area contributed by atoms with Crippen molar-refractivity contribution in [2.24, 2.45) is 0 Å². The van der Waals surface area contributed by atoms with Crippen molar-refractivity contribution in [2.45, 2.75) is 5.41 Å². The maximum Gasteiger partial charge on any atom is 0.0781 e. The zero-order chi connectivity index (χ0) is 42.9. The highest BCUT2D eigenvalue weighted by Crippen LogP contribution is 2.63. The van der Waals surface area contributed by atoms with Gasteiger partial charge in [-0.25, -0.2) is 0 Å². The van der Waals surface area contributed by atoms with Crippen molar-refractivity contribution in [1.82, 2.24) is 0 Å². The fraction of sp³-hybridized carbons (Fsp3) is 0.0159. The van der Waals surface area contributed by atoms with E-state index in [1.165, 1.54) is 77.9 Å². The molecule has 2 nitrogen and oxygen atoms in total. The lowest BCUT2D eigenvalue weighted by atomic mass is 9.66. The van der Waals surface area contributed by atoms with Crippen LogP contribution in [0.4, 0.5) is 34.1 Å². The monoisotopic (exact) mass is 826 g/mol. The van der Waals surface area contributed by atoms with E-state index in [9.17, 15) is 0 Å². The average molecular weight is 827 g/mol. The fourth-order valence-corrected chi connectivity index (χ4v) is 11.2. The molecule has 0 saturated carbocycles. The Hall–Kier alpha value is -8.46. The smallest absolute Gasteiger partial charge is 0.0781 e. The first-order valence-corrected chi connectivity index (χ1v) is 22.5. The lowest BCUT2D eigenvalue weighted by Crippen LogP contribution is -2.30. The van der Waals surface area contributed by atoms with Gasteiger partial charge in [-0.3, -0.25) is 0 Å². The van der Waals surface area contributed by atoms with E-state index < -0.39 is 5.41 Å². The quantitative estimate of drug-likeness (QED) is 0.171. The Morgan fingerprint density at radius 1 is 0.323 bits per heavy atom. The van der Waals surface area contributed by atoms with E-state index in [1.807, 2.05) is 0 Å². The molecule has 0 saturated heterocycles. The summed E-state index contributed by atoms with van der Waals surface area (Å²) in [5.41, 5.74) is 23.3. The van der Waals surface area contributed by atoms with Crippen molar-refractivity contribution in [3.8, 4) is 44.5 Å². The third kappa shape index (κ3) is 5.54. The Bertz CT molecular complexity index is 3440. The van der Waals surface area contributed by atoms with E-state index in [1.54, 1.807) is 0 Å². The second-order valence-corrected chi connectivity index (χ2v) is 17.2. The van der Waals surface area contributed by atoms with Gasteiger partial charge >= 0.3 is 0 Å². The highest BCUT2D eigenvalue weighted by molar-refractivity contribution is 6.09. The predicted molar refractivity (Wildman–Crippen MR) is 272 cm³/mol. The maximum atomic E-state index is 2.54. The number of hydrogen-bond donors (Lipinski definition) is 0. The van der Waals surface area contributed by atoms with E-state index >= 15 is 0 Å². The van der Waals surface area contributed by atoms with Crippen LogP contribution in [0.5, 0.6) is 0 Å². The molecule has 1 spiro atoms. The molecular weight excluding hydrogens is 785 g/mol. The summed E-state index contributed by atoms with van der Waals surface area (Å²) < 4.78 is 0. The molecule has 10 aromatic rings. The largest absolute Gasteiger partial charge is 0.308 e. The topological polar surface area (TPSA) is 6.48 Å². The Morgan fingerprint density at radius 2 is 0.815 bits per heavy atom. The number of rotatable bonds is 5. The van der Waals surface area contributed by atoms with Crippen LogP contribution in [0.25, 0.3) is 56.7 Å². The Kier molecular flexibility index (Phi) is 8.47. The highest BCUT2D eigenvalue weighted by atomic mass is 15.2. The molecule has 0 unspecified atom stereocenters. The van der Waals surface area contributed by atoms with Gasteiger partial charge in [0.1, 0.15) is 0 Å². The van der Waals surface area contributed by atoms with E-state index in [2.05, 4.69) is 265 Å². The molecule has 2 heteroatoms. The maximum absolute atomic E-state index is 2.54. The first-order chi connectivity index (χ1) is 32.3. The minimum Gasteiger partial charge on any atom is -0.308 e. The second-order valence-electron chi connectivity index (χ2n) is 17.2. The molecule has 1 aliphatic heterocycles. The van der Waals surface area contributed by atoms with E-state index in [-0.39, 0.29) is 0 Å². The summed E-state index contributed by atoms with van der Waals surface area (Å²) in [5.74, 6) is 0. The third-order valence-corrected chi connectivity index (χ3v) is 13.8. The van der Waals surface area contributed by atoms with Crippen molar-refractivity contribution in [2.75, 3.05) is 9.80 Å². The number of anilines is 6. The normalized spacial score (nSPS) is 13.3. The number of fused-ring (bicyclic) bond motifs is 14. The van der Waals surface area contributed by atoms with Crippen LogP contribution >= 0.6 is 0 Å². The molecule has 1 heterocycles. The van der Waals surface area contributed by atoms with Crippen LogP contribution < -0.4 is 9.80 Å². The molecule has 10 aromatic carbocycles. The summed E-state index contributed by atoms with van der Waals surface area (Å²) >= 11 is 0. The van der Waals surface area contributed by atoms with E-state index in [0.717, 1.165) is 34.1 Å². The van der Waals surface area contributed by atoms with Crippen molar-refractivity contribution < 1.29 is 0 Å². The first-order valence-electron chi connectivity index (χ1n) is 22.5. The van der Waals surface area contributed by atoms with Gasteiger partial charge in [0, 0.05) is 28.1 Å². The minimum atomic E-state index is -0.566. The SMILES string of the molecule is C1=Cc2ccccc2C2(c3ccccc31)c1ccccc1-c1c(N(c3ccc(-c4ccccc4)cc3)c3cccc4c3N(c3ccccc3)c3ccccc3-c3ccccc3-4)cccc12. The third-order valence-electron chi connectivity index (χ3n) is 13.8. The van der Waals surface area contributed by atoms with Crippen LogP contribution in [-0.2, 0) is 5.41 Å². The van der Waals surface area contributed by atoms with Crippen LogP contribution in [0.2, 0.25) is 0 Å². The summed E-state index contributed by atoms with van der Waals surface area (Å²) in [6.45, 7) is 0. The van der Waals surface area contributed by atoms with E-state index in [0.29, 0.717) is 0 Å². The summed E-state index contributed by atoms with van der Waals surface area (Å²) in [6, 6.07) is 89.6. The lowest BCUT2D eigenvalue weighted by molar-refractivity contribution is 0.766. The molecule has 0 radical (unpaired) electrons. The molecular formula is C63H42N2. The zero-order valence-electron chi connectivity index (χ0n) is 35.6. The second kappa shape index (κ2) is 14.8. The van der Waals surface area contributed by atoms with Gasteiger partial charge in [0.2, 0.25) is 0 Å². The molecule has 0 N–H and O–H groups in total. The Labute approximate surface area is 380 Å². The van der Waals surface area contributed by atoms with Gasteiger partial charge in [-0.1, -0.05) is 212 Å². The zero-order valence-corrected chi connectivity index (χ0v) is 35.6.